The van der Waals surface area contributed by atoms with Crippen molar-refractivity contribution in [2.24, 2.45) is 12.6 Å². The molecule has 0 aromatic heterocycles. The van der Waals surface area contributed by atoms with Crippen molar-refractivity contribution in [3.05, 3.63) is 0 Å². The number of hydrogen-bond donors (Lipinski definition) is 3. The van der Waals surface area contributed by atoms with Crippen LogP contribution in [0.1, 0.15) is 0 Å². The van der Waals surface area contributed by atoms with Gasteiger partial charge in [-0.05, 0) is 0 Å². The van der Waals surface area contributed by atoms with Crippen molar-refractivity contribution >= 4 is 0 Å². The summed E-state index contributed by atoms with van der Waals surface area (Å²) in [6, 6.07) is 0. The van der Waals surface area contributed by atoms with Gasteiger partial charge >= 0.3 is 72.0 Å². The molecule has 0 atom stereocenters. The van der Waals surface area contributed by atoms with Gasteiger partial charge < -0.3 is 0 Å². The summed E-state index contributed by atoms with van der Waals surface area (Å²) in [5.74, 6) is 0. The first-order chi connectivity index (χ1) is 5.79. The van der Waals surface area contributed by atoms with E-state index in [4.69, 9.17) is 19.3 Å². The Labute approximate surface area is 72.2 Å². The summed E-state index contributed by atoms with van der Waals surface area (Å²) in [6.45, 7) is 0.227. The third kappa shape index (κ3) is 0.278. The molecule has 4 heterocycles. The van der Waals surface area contributed by atoms with Crippen LogP contribution in [0.25, 0.3) is 0 Å². The van der Waals surface area contributed by atoms with Gasteiger partial charge in [-0.25, -0.2) is 0 Å². The van der Waals surface area contributed by atoms with Crippen LogP contribution in [0.5, 0.6) is 0 Å². The summed E-state index contributed by atoms with van der Waals surface area (Å²) in [4.78, 5) is 0. The Morgan fingerprint density at radius 3 is 1.13 bits per heavy atom. The second-order valence-corrected chi connectivity index (χ2v) is 56.6. The van der Waals surface area contributed by atoms with Gasteiger partial charge in [-0.3, -0.25) is 0 Å². The van der Waals surface area contributed by atoms with E-state index in [1.165, 1.54) is 0 Å². The summed E-state index contributed by atoms with van der Waals surface area (Å²) >= 11 is 0. The molecule has 4 saturated heterocycles. The van der Waals surface area contributed by atoms with Gasteiger partial charge in [0.1, 0.15) is 0 Å². The molecule has 0 saturated carbocycles. The van der Waals surface area contributed by atoms with Crippen LogP contribution in [0, 0.1) is 0 Å². The van der Waals surface area contributed by atoms with Crippen molar-refractivity contribution in [2.75, 3.05) is 13.2 Å². The van der Waals surface area contributed by atoms with Crippen molar-refractivity contribution in [1.82, 2.24) is 0 Å². The van der Waals surface area contributed by atoms with E-state index in [1.807, 2.05) is 0 Å². The van der Waals surface area contributed by atoms with Gasteiger partial charge in [-0.2, -0.15) is 0 Å². The summed E-state index contributed by atoms with van der Waals surface area (Å²) in [6.07, 6.45) is 0. The first kappa shape index (κ1) is 9.36. The fraction of sp³-hybridized carbons (Fsp3) is 1.00. The third-order valence-electron chi connectivity index (χ3n) is 11.7. The average molecular weight is 256 g/mol. The van der Waals surface area contributed by atoms with Gasteiger partial charge in [-0.1, -0.05) is 0 Å². The molecule has 4 fully saturated rings. The van der Waals surface area contributed by atoms with Crippen LogP contribution in [0.4, 0.5) is 0 Å². The van der Waals surface area contributed by atoms with Crippen molar-refractivity contribution in [2.45, 2.75) is 28.4 Å². The van der Waals surface area contributed by atoms with Gasteiger partial charge in [0.25, 0.3) is 0 Å². The van der Waals surface area contributed by atoms with Gasteiger partial charge in [-0.15, -0.1) is 0 Å². The van der Waals surface area contributed by atoms with Crippen molar-refractivity contribution in [3.63, 3.8) is 0 Å². The van der Waals surface area contributed by atoms with E-state index in [0.717, 1.165) is 0 Å². The minimum atomic E-state index is -8.38. The second-order valence-electron chi connectivity index (χ2n) is 14.0. The zero-order valence-electron chi connectivity index (χ0n) is 9.11. The SMILES string of the molecule is [NH2][Ti]1234([NH2])([NH2])(=[O])([CH2][CH2]1)([CH2][CH2]2)([CH2][CH2]3)[O]CC[O]4. The molecule has 15 heavy (non-hydrogen) atoms. The van der Waals surface area contributed by atoms with E-state index in [9.17, 15) is 3.32 Å². The van der Waals surface area contributed by atoms with Gasteiger partial charge in [0, 0.05) is 0 Å². The maximum absolute atomic E-state index is 14.8. The summed E-state index contributed by atoms with van der Waals surface area (Å²) in [5.41, 5.74) is 0. The molecule has 6 nitrogen and oxygen atoms in total. The molecular formula is C8H22N3O3Ti. The summed E-state index contributed by atoms with van der Waals surface area (Å²) < 4.78 is 46.3. The van der Waals surface area contributed by atoms with E-state index in [2.05, 4.69) is 0 Å². The molecule has 0 bridgehead atoms. The third-order valence-corrected chi connectivity index (χ3v) is 47.9. The van der Waals surface area contributed by atoms with Crippen LogP contribution < -0.4 is 12.6 Å². The molecule has 0 aromatic carbocycles. The molecule has 6 N–H and O–H groups in total. The van der Waals surface area contributed by atoms with Crippen molar-refractivity contribution in [1.29, 1.82) is 0 Å². The minimum absolute atomic E-state index is 0.0556. The zero-order chi connectivity index (χ0) is 11.4. The zero-order valence-corrected chi connectivity index (χ0v) is 10.7. The molecule has 0 radical (unpaired) electrons. The van der Waals surface area contributed by atoms with Crippen LogP contribution in [-0.2, 0) is 17.8 Å². The van der Waals surface area contributed by atoms with E-state index >= 15 is 0 Å². The van der Waals surface area contributed by atoms with Crippen LogP contribution >= 0.6 is 0 Å². The molecule has 91 valence electrons. The summed E-state index contributed by atoms with van der Waals surface area (Å²) in [5, 5.41) is 0. The first-order valence-electron chi connectivity index (χ1n) is 6.18. The molecule has 4 aliphatic heterocycles. The molecule has 4 aliphatic rings. The van der Waals surface area contributed by atoms with Crippen LogP contribution in [-0.4, -0.2) is 13.2 Å². The Balaban J connectivity index is 2.85. The normalized spacial score (nSPS) is 93.5. The standard InChI is InChI=1S/C2H4O2.3C2H4.3H2N.O.Ti/c3-1-2-4;3*1-2;;;;;/h1-2H2;3*1-2H2;3*1H2;;/q-2;;;;3*-1;;+5. The molecule has 0 unspecified atom stereocenters. The Kier molecular flexibility index (Phi) is 0.272. The van der Waals surface area contributed by atoms with E-state index < -0.39 is 7.84 Å². The number of hydrogen-bond acceptors (Lipinski definition) is 3. The molecule has 7 heteroatoms. The van der Waals surface area contributed by atoms with Crippen LogP contribution in [0.2, 0.25) is 28.4 Å². The fourth-order valence-corrected chi connectivity index (χ4v) is 52.9. The summed E-state index contributed by atoms with van der Waals surface area (Å²) in [7, 11) is -8.38. The van der Waals surface area contributed by atoms with Gasteiger partial charge in [0.05, 0.1) is 0 Å². The molecule has 0 aromatic rings. The first-order valence-corrected chi connectivity index (χ1v) is 17.4. The molecule has 0 amide bonds. The number of nitrogens with two attached hydrogens (primary N) is 3. The van der Waals surface area contributed by atoms with Crippen LogP contribution in [0.3, 0.4) is 0 Å². The maximum atomic E-state index is 14.8. The topological polar surface area (TPSA) is 114 Å². The Hall–Kier alpha value is 0.314. The predicted octanol–water partition coefficient (Wildman–Crippen LogP) is 0.820. The quantitative estimate of drug-likeness (QED) is 0.553. The monoisotopic (exact) mass is 256 g/mol. The molecular weight excluding hydrogens is 234 g/mol. The molecule has 0 aliphatic carbocycles. The predicted molar refractivity (Wildman–Crippen MR) is 54.0 cm³/mol. The average Bonchev–Trinajstić information content (AvgIpc) is 2.86. The fourth-order valence-electron chi connectivity index (χ4n) is 6.05. The van der Waals surface area contributed by atoms with Crippen molar-refractivity contribution < 1.29 is 17.8 Å². The number of rotatable bonds is 0. The Bertz CT molecular complexity index is 879. The molecule has 1 spiro atoms. The Morgan fingerprint density at radius 1 is 0.733 bits per heavy atom. The van der Waals surface area contributed by atoms with Crippen molar-refractivity contribution in [3.8, 4) is 0 Å². The van der Waals surface area contributed by atoms with Gasteiger partial charge in [0.2, 0.25) is 0 Å². The van der Waals surface area contributed by atoms with Crippen LogP contribution in [0.15, 0.2) is 0 Å². The Morgan fingerprint density at radius 2 is 1.00 bits per heavy atom. The van der Waals surface area contributed by atoms with E-state index in [1.54, 1.807) is 0 Å². The molecule has 4 rings (SSSR count). The van der Waals surface area contributed by atoms with E-state index in [-0.39, 0.29) is 41.6 Å². The van der Waals surface area contributed by atoms with E-state index in [0.29, 0.717) is 0 Å². The second kappa shape index (κ2) is 0.436. The van der Waals surface area contributed by atoms with Gasteiger partial charge in [0.15, 0.2) is 0 Å².